The second kappa shape index (κ2) is 9.05. The van der Waals surface area contributed by atoms with Gasteiger partial charge in [-0.3, -0.25) is 4.79 Å². The van der Waals surface area contributed by atoms with Gasteiger partial charge < -0.3 is 20.1 Å². The van der Waals surface area contributed by atoms with Crippen LogP contribution in [0, 0.1) is 0 Å². The van der Waals surface area contributed by atoms with E-state index in [0.717, 1.165) is 11.3 Å². The molecule has 3 rings (SSSR count). The zero-order chi connectivity index (χ0) is 19.9. The molecule has 2 aromatic carbocycles. The number of nitrogens with zero attached hydrogens (tertiary/aromatic N) is 2. The van der Waals surface area contributed by atoms with Gasteiger partial charge in [-0.1, -0.05) is 29.8 Å². The van der Waals surface area contributed by atoms with Crippen LogP contribution >= 0.6 is 11.6 Å². The highest BCUT2D eigenvalue weighted by atomic mass is 35.5. The molecule has 8 heteroatoms. The molecule has 0 radical (unpaired) electrons. The van der Waals surface area contributed by atoms with Crippen LogP contribution in [0.2, 0.25) is 5.02 Å². The summed E-state index contributed by atoms with van der Waals surface area (Å²) in [7, 11) is 3.14. The van der Waals surface area contributed by atoms with E-state index in [1.54, 1.807) is 32.4 Å². The number of carbonyl (C=O) groups excluding carboxylic acids is 1. The summed E-state index contributed by atoms with van der Waals surface area (Å²) in [4.78, 5) is 20.7. The van der Waals surface area contributed by atoms with Gasteiger partial charge in [0.2, 0.25) is 5.95 Å². The molecule has 0 saturated carbocycles. The van der Waals surface area contributed by atoms with E-state index in [1.807, 2.05) is 24.3 Å². The van der Waals surface area contributed by atoms with Crippen molar-refractivity contribution in [2.45, 2.75) is 6.54 Å². The number of nitrogens with one attached hydrogen (secondary N) is 2. The molecule has 7 nitrogen and oxygen atoms in total. The maximum atomic E-state index is 12.3. The third-order valence-corrected chi connectivity index (χ3v) is 4.25. The molecule has 144 valence electrons. The van der Waals surface area contributed by atoms with Gasteiger partial charge in [-0.15, -0.1) is 0 Å². The van der Waals surface area contributed by atoms with Crippen molar-refractivity contribution in [2.24, 2.45) is 0 Å². The fourth-order valence-electron chi connectivity index (χ4n) is 2.51. The highest BCUT2D eigenvalue weighted by Crippen LogP contribution is 2.28. The molecule has 3 aromatic rings. The van der Waals surface area contributed by atoms with Crippen molar-refractivity contribution in [1.29, 1.82) is 0 Å². The zero-order valence-electron chi connectivity index (χ0n) is 15.4. The van der Waals surface area contributed by atoms with Crippen molar-refractivity contribution >= 4 is 29.1 Å². The first-order valence-corrected chi connectivity index (χ1v) is 8.81. The molecule has 0 spiro atoms. The summed E-state index contributed by atoms with van der Waals surface area (Å²) in [5.41, 5.74) is 1.95. The summed E-state index contributed by atoms with van der Waals surface area (Å²) in [6.45, 7) is 0.340. The lowest BCUT2D eigenvalue weighted by molar-refractivity contribution is 0.0950. The quantitative estimate of drug-likeness (QED) is 0.629. The Bertz CT molecular complexity index is 964. The van der Waals surface area contributed by atoms with E-state index in [4.69, 9.17) is 21.1 Å². The summed E-state index contributed by atoms with van der Waals surface area (Å²) < 4.78 is 10.4. The molecule has 1 heterocycles. The minimum Gasteiger partial charge on any atom is -0.496 e. The number of anilines is 2. The maximum absolute atomic E-state index is 12.3. The predicted octanol–water partition coefficient (Wildman–Crippen LogP) is 3.82. The topological polar surface area (TPSA) is 85.4 Å². The third kappa shape index (κ3) is 4.69. The number of hydrogen-bond donors (Lipinski definition) is 2. The Morgan fingerprint density at radius 3 is 2.43 bits per heavy atom. The minimum atomic E-state index is -0.273. The van der Waals surface area contributed by atoms with Gasteiger partial charge in [-0.05, 0) is 24.3 Å². The van der Waals surface area contributed by atoms with Crippen molar-refractivity contribution < 1.29 is 14.3 Å². The van der Waals surface area contributed by atoms with E-state index >= 15 is 0 Å². The van der Waals surface area contributed by atoms with Crippen LogP contribution in [0.4, 0.5) is 11.6 Å². The second-order valence-corrected chi connectivity index (χ2v) is 6.17. The summed E-state index contributed by atoms with van der Waals surface area (Å²) >= 11 is 6.10. The molecule has 2 N–H and O–H groups in total. The fourth-order valence-corrected chi connectivity index (χ4v) is 2.77. The molecule has 28 heavy (non-hydrogen) atoms. The van der Waals surface area contributed by atoms with Gasteiger partial charge in [0.25, 0.3) is 5.91 Å². The predicted molar refractivity (Wildman–Crippen MR) is 107 cm³/mol. The number of aromatic nitrogens is 2. The number of para-hydroxylation sites is 1. The summed E-state index contributed by atoms with van der Waals surface area (Å²) in [5.74, 6) is 1.37. The number of ether oxygens (including phenoxy) is 2. The van der Waals surface area contributed by atoms with E-state index in [2.05, 4.69) is 20.6 Å². The second-order valence-electron chi connectivity index (χ2n) is 5.76. The Labute approximate surface area is 167 Å². The van der Waals surface area contributed by atoms with Crippen molar-refractivity contribution in [3.8, 4) is 11.5 Å². The molecule has 0 aliphatic rings. The Balaban J connectivity index is 1.62. The SMILES string of the molecule is COc1ccc(Nc2ncc(C(=O)NCc3ccccc3OC)cn2)cc1Cl. The molecule has 1 amide bonds. The van der Waals surface area contributed by atoms with Gasteiger partial charge in [-0.2, -0.15) is 0 Å². The molecular weight excluding hydrogens is 380 g/mol. The van der Waals surface area contributed by atoms with Crippen LogP contribution in [0.5, 0.6) is 11.5 Å². The number of halogens is 1. The summed E-state index contributed by atoms with van der Waals surface area (Å²) in [5, 5.41) is 6.33. The standard InChI is InChI=1S/C20H19ClN4O3/c1-27-17-6-4-3-5-13(17)10-22-19(26)14-11-23-20(24-12-14)25-15-7-8-18(28-2)16(21)9-15/h3-9,11-12H,10H2,1-2H3,(H,22,26)(H,23,24,25). The van der Waals surface area contributed by atoms with Crippen molar-refractivity contribution in [3.05, 3.63) is 71.0 Å². The monoisotopic (exact) mass is 398 g/mol. The van der Waals surface area contributed by atoms with E-state index in [0.29, 0.717) is 34.5 Å². The zero-order valence-corrected chi connectivity index (χ0v) is 16.2. The number of carbonyl (C=O) groups is 1. The number of benzene rings is 2. The van der Waals surface area contributed by atoms with Gasteiger partial charge >= 0.3 is 0 Å². The first-order valence-electron chi connectivity index (χ1n) is 8.43. The minimum absolute atomic E-state index is 0.273. The van der Waals surface area contributed by atoms with Crippen LogP contribution < -0.4 is 20.1 Å². The molecule has 0 aliphatic heterocycles. The average molecular weight is 399 g/mol. The Hall–Kier alpha value is -3.32. The molecule has 0 bridgehead atoms. The molecule has 0 aliphatic carbocycles. The lowest BCUT2D eigenvalue weighted by atomic mass is 10.2. The summed E-state index contributed by atoms with van der Waals surface area (Å²) in [6, 6.07) is 12.7. The van der Waals surface area contributed by atoms with Gasteiger partial charge in [0.05, 0.1) is 24.8 Å². The van der Waals surface area contributed by atoms with E-state index < -0.39 is 0 Å². The maximum Gasteiger partial charge on any atom is 0.254 e. The van der Waals surface area contributed by atoms with Crippen molar-refractivity contribution in [2.75, 3.05) is 19.5 Å². The normalized spacial score (nSPS) is 10.2. The van der Waals surface area contributed by atoms with Crippen molar-refractivity contribution in [3.63, 3.8) is 0 Å². The molecule has 1 aromatic heterocycles. The van der Waals surface area contributed by atoms with E-state index in [9.17, 15) is 4.79 Å². The van der Waals surface area contributed by atoms with Crippen LogP contribution in [-0.4, -0.2) is 30.1 Å². The largest absolute Gasteiger partial charge is 0.496 e. The average Bonchev–Trinajstić information content (AvgIpc) is 2.73. The van der Waals surface area contributed by atoms with E-state index in [-0.39, 0.29) is 5.91 Å². The number of rotatable bonds is 7. The van der Waals surface area contributed by atoms with Crippen LogP contribution in [0.25, 0.3) is 0 Å². The first-order chi connectivity index (χ1) is 13.6. The highest BCUT2D eigenvalue weighted by molar-refractivity contribution is 6.32. The van der Waals surface area contributed by atoms with Crippen LogP contribution in [0.3, 0.4) is 0 Å². The molecule has 0 saturated heterocycles. The first kappa shape index (κ1) is 19.4. The van der Waals surface area contributed by atoms with Gasteiger partial charge in [0, 0.05) is 30.2 Å². The lowest BCUT2D eigenvalue weighted by Gasteiger charge is -2.10. The lowest BCUT2D eigenvalue weighted by Crippen LogP contribution is -2.23. The molecule has 0 unspecified atom stereocenters. The third-order valence-electron chi connectivity index (χ3n) is 3.95. The van der Waals surface area contributed by atoms with Crippen LogP contribution in [0.15, 0.2) is 54.9 Å². The smallest absolute Gasteiger partial charge is 0.254 e. The molecule has 0 fully saturated rings. The summed E-state index contributed by atoms with van der Waals surface area (Å²) in [6.07, 6.45) is 2.91. The van der Waals surface area contributed by atoms with E-state index in [1.165, 1.54) is 12.4 Å². The van der Waals surface area contributed by atoms with Gasteiger partial charge in [-0.25, -0.2) is 9.97 Å². The Morgan fingerprint density at radius 1 is 1.04 bits per heavy atom. The number of hydrogen-bond acceptors (Lipinski definition) is 6. The molecular formula is C20H19ClN4O3. The number of amides is 1. The van der Waals surface area contributed by atoms with Gasteiger partial charge in [0.1, 0.15) is 11.5 Å². The number of methoxy groups -OCH3 is 2. The van der Waals surface area contributed by atoms with Crippen molar-refractivity contribution in [1.82, 2.24) is 15.3 Å². The fraction of sp³-hybridized carbons (Fsp3) is 0.150. The molecule has 0 atom stereocenters. The van der Waals surface area contributed by atoms with Crippen LogP contribution in [-0.2, 0) is 6.54 Å². The Morgan fingerprint density at radius 2 is 1.75 bits per heavy atom. The highest BCUT2D eigenvalue weighted by Gasteiger charge is 2.09. The van der Waals surface area contributed by atoms with Crippen LogP contribution in [0.1, 0.15) is 15.9 Å². The van der Waals surface area contributed by atoms with Gasteiger partial charge in [0.15, 0.2) is 0 Å². The Kier molecular flexibility index (Phi) is 6.29.